The molecular weight excluding hydrogens is 256 g/mol. The molecule has 4 heteroatoms. The maximum Gasteiger partial charge on any atom is 0.322 e. The molecule has 1 saturated carbocycles. The van der Waals surface area contributed by atoms with E-state index in [9.17, 15) is 4.79 Å². The topological polar surface area (TPSA) is 32.3 Å². The zero-order valence-corrected chi connectivity index (χ0v) is 11.9. The fraction of sp³-hybridized carbons (Fsp3) is 0.467. The molecule has 3 nitrogen and oxygen atoms in total. The predicted molar refractivity (Wildman–Crippen MR) is 79.0 cm³/mol. The lowest BCUT2D eigenvalue weighted by Crippen LogP contribution is -2.57. The van der Waals surface area contributed by atoms with E-state index in [0.29, 0.717) is 18.5 Å². The number of benzene rings is 1. The first-order valence-corrected chi connectivity index (χ1v) is 7.23. The Balaban J connectivity index is 1.80. The molecule has 100 valence electrons. The van der Waals surface area contributed by atoms with Gasteiger partial charge in [-0.05, 0) is 25.3 Å². The van der Waals surface area contributed by atoms with Gasteiger partial charge in [0.15, 0.2) is 0 Å². The van der Waals surface area contributed by atoms with Gasteiger partial charge in [0.25, 0.3) is 0 Å². The van der Waals surface area contributed by atoms with Crippen LogP contribution < -0.4 is 5.32 Å². The monoisotopic (exact) mass is 274 g/mol. The second-order valence-electron chi connectivity index (χ2n) is 5.51. The average Bonchev–Trinajstić information content (AvgIpc) is 2.86. The van der Waals surface area contributed by atoms with Crippen molar-refractivity contribution in [3.05, 3.63) is 35.4 Å². The van der Waals surface area contributed by atoms with Crippen molar-refractivity contribution in [2.45, 2.75) is 38.8 Å². The molecule has 2 amide bonds. The Morgan fingerprint density at radius 3 is 2.79 bits per heavy atom. The number of nitrogens with zero attached hydrogens (tertiary/aromatic N) is 1. The third kappa shape index (κ3) is 2.37. The molecule has 1 N–H and O–H groups in total. The number of rotatable bonds is 2. The normalized spacial score (nSPS) is 26.3. The van der Waals surface area contributed by atoms with E-state index in [0.717, 1.165) is 24.3 Å². The van der Waals surface area contributed by atoms with Crippen LogP contribution in [0, 0.1) is 12.8 Å². The first-order valence-electron chi connectivity index (χ1n) is 6.82. The van der Waals surface area contributed by atoms with Crippen LogP contribution in [-0.2, 0) is 6.54 Å². The van der Waals surface area contributed by atoms with E-state index < -0.39 is 0 Å². The summed E-state index contributed by atoms with van der Waals surface area (Å²) in [6, 6.07) is 8.64. The van der Waals surface area contributed by atoms with Crippen LogP contribution in [0.4, 0.5) is 4.79 Å². The highest BCUT2D eigenvalue weighted by molar-refractivity contribution is 7.80. The summed E-state index contributed by atoms with van der Waals surface area (Å²) in [6.07, 6.45) is 3.34. The van der Waals surface area contributed by atoms with Gasteiger partial charge in [-0.3, -0.25) is 0 Å². The Bertz CT molecular complexity index is 511. The lowest BCUT2D eigenvalue weighted by molar-refractivity contribution is 0.159. The maximum absolute atomic E-state index is 12.1. The van der Waals surface area contributed by atoms with Crippen molar-refractivity contribution in [1.29, 1.82) is 0 Å². The molecule has 0 radical (unpaired) electrons. The number of hydrogen-bond acceptors (Lipinski definition) is 2. The van der Waals surface area contributed by atoms with E-state index in [-0.39, 0.29) is 6.03 Å². The highest BCUT2D eigenvalue weighted by Crippen LogP contribution is 2.34. The van der Waals surface area contributed by atoms with Crippen molar-refractivity contribution in [3.63, 3.8) is 0 Å². The highest BCUT2D eigenvalue weighted by atomic mass is 32.1. The van der Waals surface area contributed by atoms with Crippen LogP contribution in [0.5, 0.6) is 0 Å². The molecule has 2 aliphatic rings. The Morgan fingerprint density at radius 1 is 1.32 bits per heavy atom. The number of hydrogen-bond donors (Lipinski definition) is 1. The molecule has 2 fully saturated rings. The highest BCUT2D eigenvalue weighted by Gasteiger charge is 2.41. The lowest BCUT2D eigenvalue weighted by atomic mass is 9.99. The number of fused-ring (bicyclic) bond motifs is 1. The third-order valence-corrected chi connectivity index (χ3v) is 4.59. The van der Waals surface area contributed by atoms with Crippen LogP contribution in [0.15, 0.2) is 24.3 Å². The van der Waals surface area contributed by atoms with Crippen molar-refractivity contribution in [1.82, 2.24) is 10.2 Å². The molecule has 1 aliphatic heterocycles. The minimum atomic E-state index is -0.0336. The van der Waals surface area contributed by atoms with Crippen LogP contribution in [0.1, 0.15) is 30.4 Å². The van der Waals surface area contributed by atoms with Gasteiger partial charge in [-0.1, -0.05) is 48.5 Å². The summed E-state index contributed by atoms with van der Waals surface area (Å²) in [5.41, 5.74) is 2.42. The number of carbonyl (C=O) groups excluding carboxylic acids is 1. The molecule has 2 unspecified atom stereocenters. The second-order valence-corrected chi connectivity index (χ2v) is 5.95. The Hall–Kier alpha value is -1.42. The van der Waals surface area contributed by atoms with Crippen LogP contribution in [0.25, 0.3) is 0 Å². The number of carbonyl (C=O) groups is 1. The standard InChI is InChI=1S/C15H18N2OS/c1-10-5-7-11(8-6-10)9-17-13-4-2-3-12(13)14(19)16-15(17)18/h5-8,12-13H,2-4,9H2,1H3,(H,16,18,19). The van der Waals surface area contributed by atoms with Gasteiger partial charge < -0.3 is 10.2 Å². The van der Waals surface area contributed by atoms with Crippen molar-refractivity contribution in [2.24, 2.45) is 5.92 Å². The Kier molecular flexibility index (Phi) is 3.27. The van der Waals surface area contributed by atoms with Gasteiger partial charge in [0, 0.05) is 18.5 Å². The molecule has 1 aromatic rings. The van der Waals surface area contributed by atoms with E-state index >= 15 is 0 Å². The smallest absolute Gasteiger partial charge is 0.317 e. The molecule has 0 spiro atoms. The van der Waals surface area contributed by atoms with Gasteiger partial charge in [0.2, 0.25) is 0 Å². The summed E-state index contributed by atoms with van der Waals surface area (Å²) in [6.45, 7) is 2.75. The summed E-state index contributed by atoms with van der Waals surface area (Å²) in [5.74, 6) is 0.359. The fourth-order valence-electron chi connectivity index (χ4n) is 3.12. The van der Waals surface area contributed by atoms with Crippen molar-refractivity contribution in [2.75, 3.05) is 0 Å². The molecule has 1 saturated heterocycles. The van der Waals surface area contributed by atoms with Crippen molar-refractivity contribution < 1.29 is 4.79 Å². The number of aryl methyl sites for hydroxylation is 1. The molecule has 19 heavy (non-hydrogen) atoms. The van der Waals surface area contributed by atoms with Gasteiger partial charge in [-0.2, -0.15) is 0 Å². The summed E-state index contributed by atoms with van der Waals surface area (Å²) in [5, 5.41) is 2.85. The van der Waals surface area contributed by atoms with E-state index in [1.165, 1.54) is 11.1 Å². The minimum Gasteiger partial charge on any atom is -0.317 e. The van der Waals surface area contributed by atoms with Crippen LogP contribution in [-0.4, -0.2) is 22.0 Å². The van der Waals surface area contributed by atoms with Crippen LogP contribution in [0.3, 0.4) is 0 Å². The van der Waals surface area contributed by atoms with Gasteiger partial charge >= 0.3 is 6.03 Å². The first-order chi connectivity index (χ1) is 9.15. The number of urea groups is 1. The molecular formula is C15H18N2OS. The van der Waals surface area contributed by atoms with E-state index in [1.54, 1.807) is 0 Å². The van der Waals surface area contributed by atoms with Crippen molar-refractivity contribution in [3.8, 4) is 0 Å². The molecule has 2 atom stereocenters. The summed E-state index contributed by atoms with van der Waals surface area (Å²) in [7, 11) is 0. The minimum absolute atomic E-state index is 0.0336. The molecule has 1 aliphatic carbocycles. The molecule has 1 aromatic carbocycles. The van der Waals surface area contributed by atoms with E-state index in [2.05, 4.69) is 36.5 Å². The molecule has 0 bridgehead atoms. The third-order valence-electron chi connectivity index (χ3n) is 4.18. The maximum atomic E-state index is 12.1. The largest absolute Gasteiger partial charge is 0.322 e. The SMILES string of the molecule is Cc1ccc(CN2C(=O)NC(=S)C3CCCC32)cc1. The van der Waals surface area contributed by atoms with Crippen molar-refractivity contribution >= 4 is 23.2 Å². The van der Waals surface area contributed by atoms with Gasteiger partial charge in [0.05, 0.1) is 4.99 Å². The lowest BCUT2D eigenvalue weighted by Gasteiger charge is -2.38. The molecule has 1 heterocycles. The Labute approximate surface area is 119 Å². The van der Waals surface area contributed by atoms with E-state index in [1.807, 2.05) is 4.90 Å². The van der Waals surface area contributed by atoms with Gasteiger partial charge in [-0.15, -0.1) is 0 Å². The molecule has 0 aromatic heterocycles. The zero-order valence-electron chi connectivity index (χ0n) is 11.1. The predicted octanol–water partition coefficient (Wildman–Crippen LogP) is 3.02. The second kappa shape index (κ2) is 4.93. The summed E-state index contributed by atoms with van der Waals surface area (Å²) < 4.78 is 0. The first kappa shape index (κ1) is 12.6. The Morgan fingerprint density at radius 2 is 2.05 bits per heavy atom. The van der Waals surface area contributed by atoms with Crippen LogP contribution >= 0.6 is 12.2 Å². The van der Waals surface area contributed by atoms with Gasteiger partial charge in [0.1, 0.15) is 0 Å². The summed E-state index contributed by atoms with van der Waals surface area (Å²) in [4.78, 5) is 14.8. The number of thiocarbonyl (C=S) groups is 1. The zero-order chi connectivity index (χ0) is 13.4. The van der Waals surface area contributed by atoms with Gasteiger partial charge in [-0.25, -0.2) is 4.79 Å². The molecule has 3 rings (SSSR count). The van der Waals surface area contributed by atoms with Crippen LogP contribution in [0.2, 0.25) is 0 Å². The quantitative estimate of drug-likeness (QED) is 0.841. The summed E-state index contributed by atoms with van der Waals surface area (Å²) >= 11 is 5.30. The average molecular weight is 274 g/mol. The number of nitrogens with one attached hydrogen (secondary N) is 1. The fourth-order valence-corrected chi connectivity index (χ4v) is 3.48. The number of amides is 2. The van der Waals surface area contributed by atoms with E-state index in [4.69, 9.17) is 12.2 Å².